The number of hydrogen-bond acceptors (Lipinski definition) is 4. The summed E-state index contributed by atoms with van der Waals surface area (Å²) in [5, 5.41) is 4.19. The molecule has 2 aromatic rings. The van der Waals surface area contributed by atoms with Crippen LogP contribution < -0.4 is 20.1 Å². The molecule has 0 heterocycles. The number of carbonyl (C=O) groups excluding carboxylic acids is 2. The fourth-order valence-electron chi connectivity index (χ4n) is 1.88. The van der Waals surface area contributed by atoms with Crippen LogP contribution in [0.2, 0.25) is 0 Å². The summed E-state index contributed by atoms with van der Waals surface area (Å²) in [4.78, 5) is 23.8. The molecule has 2 N–H and O–H groups in total. The number of ether oxygens (including phenoxy) is 2. The zero-order chi connectivity index (χ0) is 17.7. The quantitative estimate of drug-likeness (QED) is 0.842. The number of nitrogens with one attached hydrogen (secondary N) is 2. The summed E-state index contributed by atoms with van der Waals surface area (Å²) >= 11 is 0. The lowest BCUT2D eigenvalue weighted by Gasteiger charge is -2.12. The van der Waals surface area contributed by atoms with Crippen molar-refractivity contribution in [2.45, 2.75) is 0 Å². The van der Waals surface area contributed by atoms with E-state index in [2.05, 4.69) is 5.32 Å². The van der Waals surface area contributed by atoms with E-state index in [4.69, 9.17) is 9.47 Å². The summed E-state index contributed by atoms with van der Waals surface area (Å²) < 4.78 is 37.1. The Hall–Kier alpha value is -3.16. The molecule has 0 aliphatic heterocycles. The van der Waals surface area contributed by atoms with E-state index in [1.165, 1.54) is 26.4 Å². The van der Waals surface area contributed by atoms with Crippen molar-refractivity contribution in [1.29, 1.82) is 0 Å². The molecule has 0 aromatic heterocycles. The summed E-state index contributed by atoms with van der Waals surface area (Å²) in [7, 11) is 2.81. The van der Waals surface area contributed by atoms with Crippen LogP contribution in [-0.4, -0.2) is 26.0 Å². The largest absolute Gasteiger partial charge is 0.497 e. The van der Waals surface area contributed by atoms with E-state index in [0.29, 0.717) is 5.75 Å². The van der Waals surface area contributed by atoms with E-state index in [1.54, 1.807) is 6.07 Å². The van der Waals surface area contributed by atoms with Crippen LogP contribution >= 0.6 is 0 Å². The molecule has 6 nitrogen and oxygen atoms in total. The van der Waals surface area contributed by atoms with Crippen LogP contribution in [0.1, 0.15) is 0 Å². The predicted octanol–water partition coefficient (Wildman–Crippen LogP) is 2.56. The van der Waals surface area contributed by atoms with Gasteiger partial charge in [0, 0.05) is 6.07 Å². The van der Waals surface area contributed by atoms with Gasteiger partial charge in [0.15, 0.2) is 0 Å². The molecule has 0 aliphatic rings. The lowest BCUT2D eigenvalue weighted by molar-refractivity contribution is -0.133. The fourth-order valence-corrected chi connectivity index (χ4v) is 1.88. The van der Waals surface area contributed by atoms with Crippen molar-refractivity contribution in [3.05, 3.63) is 48.0 Å². The Morgan fingerprint density at radius 1 is 0.917 bits per heavy atom. The molecule has 2 aromatic carbocycles. The highest BCUT2D eigenvalue weighted by Gasteiger charge is 2.19. The molecular weight excluding hydrogens is 322 g/mol. The summed E-state index contributed by atoms with van der Waals surface area (Å²) in [6, 6.07) is 7.63. The van der Waals surface area contributed by atoms with Gasteiger partial charge in [-0.05, 0) is 24.3 Å². The molecule has 0 unspecified atom stereocenters. The maximum Gasteiger partial charge on any atom is 0.314 e. The van der Waals surface area contributed by atoms with E-state index in [0.717, 1.165) is 18.2 Å². The van der Waals surface area contributed by atoms with Gasteiger partial charge in [0.2, 0.25) is 0 Å². The highest BCUT2D eigenvalue weighted by atomic mass is 19.1. The summed E-state index contributed by atoms with van der Waals surface area (Å²) in [5.74, 6) is -3.63. The van der Waals surface area contributed by atoms with Gasteiger partial charge in [-0.2, -0.15) is 0 Å². The van der Waals surface area contributed by atoms with Crippen molar-refractivity contribution in [1.82, 2.24) is 0 Å². The molecule has 0 aliphatic carbocycles. The fraction of sp³-hybridized carbons (Fsp3) is 0.125. The highest BCUT2D eigenvalue weighted by Crippen LogP contribution is 2.29. The molecule has 0 fully saturated rings. The first-order valence-corrected chi connectivity index (χ1v) is 6.74. The summed E-state index contributed by atoms with van der Waals surface area (Å²) in [6.45, 7) is 0. The van der Waals surface area contributed by atoms with Gasteiger partial charge in [-0.3, -0.25) is 9.59 Å². The van der Waals surface area contributed by atoms with Crippen molar-refractivity contribution < 1.29 is 27.8 Å². The summed E-state index contributed by atoms with van der Waals surface area (Å²) in [6.07, 6.45) is 0. The topological polar surface area (TPSA) is 76.7 Å². The number of rotatable bonds is 4. The van der Waals surface area contributed by atoms with E-state index >= 15 is 0 Å². The molecule has 0 saturated carbocycles. The SMILES string of the molecule is COc1ccc(OC)c(NC(=O)C(=O)Nc2c(F)cccc2F)c1. The smallest absolute Gasteiger partial charge is 0.314 e. The van der Waals surface area contributed by atoms with Crippen LogP contribution in [0.3, 0.4) is 0 Å². The van der Waals surface area contributed by atoms with Crippen molar-refractivity contribution in [2.75, 3.05) is 24.9 Å². The molecule has 0 radical (unpaired) electrons. The first kappa shape index (κ1) is 17.2. The van der Waals surface area contributed by atoms with Crippen molar-refractivity contribution >= 4 is 23.2 Å². The summed E-state index contributed by atoms with van der Waals surface area (Å²) in [5.41, 5.74) is -0.527. The molecule has 126 valence electrons. The molecule has 0 spiro atoms. The second kappa shape index (κ2) is 7.40. The molecule has 0 atom stereocenters. The van der Waals surface area contributed by atoms with Gasteiger partial charge in [-0.15, -0.1) is 0 Å². The minimum absolute atomic E-state index is 0.172. The van der Waals surface area contributed by atoms with Crippen LogP contribution in [0, 0.1) is 11.6 Å². The van der Waals surface area contributed by atoms with Gasteiger partial charge in [0.1, 0.15) is 28.8 Å². The van der Waals surface area contributed by atoms with Crippen LogP contribution in [0.4, 0.5) is 20.2 Å². The highest BCUT2D eigenvalue weighted by molar-refractivity contribution is 6.43. The van der Waals surface area contributed by atoms with E-state index in [1.807, 2.05) is 5.32 Å². The number of anilines is 2. The van der Waals surface area contributed by atoms with Crippen LogP contribution in [-0.2, 0) is 9.59 Å². The number of para-hydroxylation sites is 1. The molecule has 2 amide bonds. The number of methoxy groups -OCH3 is 2. The normalized spacial score (nSPS) is 10.0. The average molecular weight is 336 g/mol. The van der Waals surface area contributed by atoms with Crippen LogP contribution in [0.5, 0.6) is 11.5 Å². The molecular formula is C16H14F2N2O4. The van der Waals surface area contributed by atoms with Gasteiger partial charge in [-0.1, -0.05) is 6.07 Å². The first-order valence-electron chi connectivity index (χ1n) is 6.74. The Morgan fingerprint density at radius 2 is 1.54 bits per heavy atom. The molecule has 8 heteroatoms. The van der Waals surface area contributed by atoms with Crippen molar-refractivity contribution in [2.24, 2.45) is 0 Å². The third-order valence-electron chi connectivity index (χ3n) is 3.06. The van der Waals surface area contributed by atoms with Crippen molar-refractivity contribution in [3.63, 3.8) is 0 Å². The Morgan fingerprint density at radius 3 is 2.12 bits per heavy atom. The zero-order valence-electron chi connectivity index (χ0n) is 12.9. The van der Waals surface area contributed by atoms with E-state index in [9.17, 15) is 18.4 Å². The van der Waals surface area contributed by atoms with Gasteiger partial charge in [-0.25, -0.2) is 8.78 Å². The maximum absolute atomic E-state index is 13.5. The predicted molar refractivity (Wildman–Crippen MR) is 83.2 cm³/mol. The minimum atomic E-state index is -1.23. The lowest BCUT2D eigenvalue weighted by atomic mass is 10.2. The second-order valence-electron chi connectivity index (χ2n) is 4.57. The monoisotopic (exact) mass is 336 g/mol. The zero-order valence-corrected chi connectivity index (χ0v) is 12.9. The number of benzene rings is 2. The lowest BCUT2D eigenvalue weighted by Crippen LogP contribution is -2.30. The molecule has 2 rings (SSSR count). The standard InChI is InChI=1S/C16H14F2N2O4/c1-23-9-6-7-13(24-2)12(8-9)19-15(21)16(22)20-14-10(17)4-3-5-11(14)18/h3-8H,1-2H3,(H,19,21)(H,20,22). The van der Waals surface area contributed by atoms with Crippen LogP contribution in [0.15, 0.2) is 36.4 Å². The van der Waals surface area contributed by atoms with Crippen molar-refractivity contribution in [3.8, 4) is 11.5 Å². The maximum atomic E-state index is 13.5. The van der Waals surface area contributed by atoms with Gasteiger partial charge >= 0.3 is 11.8 Å². The van der Waals surface area contributed by atoms with Gasteiger partial charge in [0.25, 0.3) is 0 Å². The Bertz CT molecular complexity index is 760. The average Bonchev–Trinajstić information content (AvgIpc) is 2.57. The molecule has 24 heavy (non-hydrogen) atoms. The first-order chi connectivity index (χ1) is 11.5. The molecule has 0 saturated heterocycles. The second-order valence-corrected chi connectivity index (χ2v) is 4.57. The molecule has 0 bridgehead atoms. The number of hydrogen-bond donors (Lipinski definition) is 2. The van der Waals surface area contributed by atoms with E-state index in [-0.39, 0.29) is 11.4 Å². The van der Waals surface area contributed by atoms with Gasteiger partial charge in [0.05, 0.1) is 19.9 Å². The number of halogens is 2. The van der Waals surface area contributed by atoms with Gasteiger partial charge < -0.3 is 20.1 Å². The Balaban J connectivity index is 2.16. The van der Waals surface area contributed by atoms with E-state index < -0.39 is 29.1 Å². The number of amides is 2. The Labute approximate surface area is 136 Å². The Kier molecular flexibility index (Phi) is 5.31. The third kappa shape index (κ3) is 3.78. The third-order valence-corrected chi connectivity index (χ3v) is 3.06. The minimum Gasteiger partial charge on any atom is -0.497 e. The van der Waals surface area contributed by atoms with Crippen LogP contribution in [0.25, 0.3) is 0 Å². The number of carbonyl (C=O) groups is 2.